The Morgan fingerprint density at radius 2 is 0.600 bits per heavy atom. The lowest BCUT2D eigenvalue weighted by molar-refractivity contribution is -0.0192. The van der Waals surface area contributed by atoms with Crippen LogP contribution in [0.3, 0.4) is 0 Å². The van der Waals surface area contributed by atoms with Crippen LogP contribution in [0, 0.1) is 59.1 Å². The van der Waals surface area contributed by atoms with E-state index in [4.69, 9.17) is 92.6 Å². The molecule has 115 heavy (non-hydrogen) atoms. The van der Waals surface area contributed by atoms with Crippen LogP contribution in [0.2, 0.25) is 0 Å². The molecule has 5 aromatic carbocycles. The summed E-state index contributed by atoms with van der Waals surface area (Å²) in [6.07, 6.45) is -15.6. The van der Waals surface area contributed by atoms with Crippen molar-refractivity contribution in [3.63, 3.8) is 0 Å². The molecule has 5 aromatic rings. The van der Waals surface area contributed by atoms with Gasteiger partial charge < -0.3 is 72.9 Å². The normalized spacial score (nSPS) is 40.3. The highest BCUT2D eigenvalue weighted by Gasteiger charge is 2.45. The van der Waals surface area contributed by atoms with Gasteiger partial charge in [-0.1, -0.05) is 69.1 Å². The van der Waals surface area contributed by atoms with Crippen molar-refractivity contribution in [2.45, 2.75) is 226 Å². The molecular weight excluding hydrogens is 1450 g/mol. The fourth-order valence-electron chi connectivity index (χ4n) is 17.5. The Balaban J connectivity index is 0.000000177. The Morgan fingerprint density at radius 1 is 0.357 bits per heavy atom. The number of nitrogens with zero attached hydrogens (tertiary/aromatic N) is 5. The van der Waals surface area contributed by atoms with Crippen LogP contribution in [0.15, 0.2) is 60.7 Å². The molecule has 0 amide bonds. The predicted octanol–water partition coefficient (Wildman–Crippen LogP) is 15.1. The number of fused-ring (bicyclic) bond motifs is 15. The Morgan fingerprint density at radius 3 is 0.861 bits per heavy atom. The summed E-state index contributed by atoms with van der Waals surface area (Å²) in [5.41, 5.74) is 6.07. The van der Waals surface area contributed by atoms with Crippen molar-refractivity contribution >= 4 is 0 Å². The van der Waals surface area contributed by atoms with Gasteiger partial charge in [0, 0.05) is 120 Å². The lowest BCUT2D eigenvalue weighted by Gasteiger charge is -2.46. The third-order valence-electron chi connectivity index (χ3n) is 23.0. The van der Waals surface area contributed by atoms with E-state index in [2.05, 4.69) is 18.7 Å². The monoisotopic (exact) mass is 1630 g/mol. The Bertz CT molecular complexity index is 5580. The Kier molecular flexibility index (Phi) is 19.1. The molecular formula is C95H145N5O15. The summed E-state index contributed by atoms with van der Waals surface area (Å²) in [5, 5.41) is 54.6. The zero-order valence-electron chi connectivity index (χ0n) is 103. The quantitative estimate of drug-likeness (QED) is 0.0491. The van der Waals surface area contributed by atoms with E-state index >= 15 is 0 Å². The first-order valence-corrected chi connectivity index (χ1v) is 39.9. The van der Waals surface area contributed by atoms with E-state index in [1.54, 1.807) is 51.1 Å². The molecule has 5 fully saturated rings. The maximum Gasteiger partial charge on any atom is 0.161 e. The van der Waals surface area contributed by atoms with Gasteiger partial charge in [0.15, 0.2) is 57.5 Å². The molecule has 0 radical (unpaired) electrons. The van der Waals surface area contributed by atoms with Gasteiger partial charge in [-0.2, -0.15) is 0 Å². The number of rotatable bonds is 20. The minimum absolute atomic E-state index is 0.00448. The van der Waals surface area contributed by atoms with Gasteiger partial charge in [-0.15, -0.1) is 0 Å². The fourth-order valence-corrected chi connectivity index (χ4v) is 17.5. The maximum atomic E-state index is 11.1. The van der Waals surface area contributed by atoms with Crippen molar-refractivity contribution < 1.29 is 120 Å². The van der Waals surface area contributed by atoms with Gasteiger partial charge in [0.25, 0.3) is 0 Å². The Labute approximate surface area is 737 Å². The van der Waals surface area contributed by atoms with Crippen molar-refractivity contribution in [2.24, 2.45) is 59.1 Å². The number of hydrogen-bond acceptors (Lipinski definition) is 20. The largest absolute Gasteiger partial charge is 0.493 e. The van der Waals surface area contributed by atoms with Crippen LogP contribution in [-0.2, 0) is 32.1 Å². The Hall–Kier alpha value is -6.30. The predicted molar refractivity (Wildman–Crippen MR) is 456 cm³/mol. The SMILES string of the molecule is [2H]C([2H])([2H])Oc1cc2c(cc1OC)CCN1CC(C([2H])([2H])C([2H])(C)C([2H])([2H])[2H])C(O)CC21[2H].[2H]C([2H])([2H])Oc1cc2c(cc1OC)CCN1CC(CC(C)C)C(O)CC21[2H].[2H]C([2H])([2H])Oc1cc2c(cc1OC)CCN1CC([2H])(CC(C)C)C([2H])(O)C([2H])([2H])C21[2H].[2H]C1(CC(C)C)CN2CCc3cc(OC)c(OC)cc3C2([2H])C([2H])([2H])C1([2H])O.[2H]C12CC(O)C(C([2H])([2H])C([2H])(C)C([2H])([2H])[2H])CN1CCc1cc(OC)c(OC)cc12. The number of piperidine rings is 5. The van der Waals surface area contributed by atoms with Crippen LogP contribution in [0.25, 0.3) is 0 Å². The second kappa shape index (κ2) is 40.6. The summed E-state index contributed by atoms with van der Waals surface area (Å²) >= 11 is 0. The third kappa shape index (κ3) is 21.1. The highest BCUT2D eigenvalue weighted by molar-refractivity contribution is 5.54. The smallest absolute Gasteiger partial charge is 0.161 e. The second-order valence-electron chi connectivity index (χ2n) is 32.3. The first-order valence-electron chi connectivity index (χ1n) is 56.9. The first kappa shape index (κ1) is 54.1. The second-order valence-corrected chi connectivity index (χ2v) is 32.3. The average Bonchev–Trinajstić information content (AvgIpc) is 0.678. The molecule has 10 heterocycles. The molecule has 0 saturated carbocycles. The van der Waals surface area contributed by atoms with Gasteiger partial charge in [-0.25, -0.2) is 0 Å². The van der Waals surface area contributed by atoms with E-state index in [1.165, 1.54) is 72.9 Å². The van der Waals surface area contributed by atoms with Crippen LogP contribution in [-0.4, -0.2) is 217 Å². The lowest BCUT2D eigenvalue weighted by Crippen LogP contribution is -2.48. The molecule has 0 aromatic heterocycles. The highest BCUT2D eigenvalue weighted by atomic mass is 16.5. The van der Waals surface area contributed by atoms with Crippen LogP contribution in [0.4, 0.5) is 0 Å². The maximum absolute atomic E-state index is 11.1. The summed E-state index contributed by atoms with van der Waals surface area (Å²) in [7, 11) is 2.09. The molecule has 10 aliphatic rings. The minimum Gasteiger partial charge on any atom is -0.493 e. The number of ether oxygens (including phenoxy) is 10. The molecule has 0 bridgehead atoms. The van der Waals surface area contributed by atoms with Crippen molar-refractivity contribution in [2.75, 3.05) is 136 Å². The summed E-state index contributed by atoms with van der Waals surface area (Å²) < 4.78 is 331. The number of hydrogen-bond donors (Lipinski definition) is 5. The molecule has 0 aliphatic carbocycles. The van der Waals surface area contributed by atoms with Crippen molar-refractivity contribution in [3.8, 4) is 57.5 Å². The number of methoxy groups -OCH3 is 10. The molecule has 5 N–H and O–H groups in total. The van der Waals surface area contributed by atoms with E-state index in [1.807, 2.05) is 33.8 Å². The molecule has 20 heteroatoms. The molecule has 17 unspecified atom stereocenters. The van der Waals surface area contributed by atoms with E-state index in [9.17, 15) is 26.9 Å². The van der Waals surface area contributed by atoms with Crippen LogP contribution in [0.5, 0.6) is 57.5 Å². The van der Waals surface area contributed by atoms with E-state index in [0.29, 0.717) is 121 Å². The summed E-state index contributed by atoms with van der Waals surface area (Å²) in [6.45, 7) is 10.4. The first-order chi connectivity index (χ1) is 67.9. The van der Waals surface area contributed by atoms with E-state index in [-0.39, 0.29) is 110 Å². The average molecular weight is 1630 g/mol. The summed E-state index contributed by atoms with van der Waals surface area (Å²) in [4.78, 5) is 8.59. The summed E-state index contributed by atoms with van der Waals surface area (Å²) in [6, 6.07) is 7.90. The van der Waals surface area contributed by atoms with Crippen LogP contribution in [0.1, 0.15) is 265 Å². The zero-order chi connectivity index (χ0) is 113. The minimum atomic E-state index is -2.92. The van der Waals surface area contributed by atoms with Gasteiger partial charge in [-0.3, -0.25) is 24.5 Å². The van der Waals surface area contributed by atoms with Gasteiger partial charge in [0.2, 0.25) is 0 Å². The molecule has 15 rings (SSSR count). The molecule has 10 aliphatic heterocycles. The van der Waals surface area contributed by atoms with Gasteiger partial charge in [-0.05, 0) is 272 Å². The van der Waals surface area contributed by atoms with Crippen LogP contribution < -0.4 is 47.4 Å². The number of aliphatic hydroxyl groups is 5. The lowest BCUT2D eigenvalue weighted by atomic mass is 9.79. The number of benzene rings is 5. The zero-order valence-corrected chi connectivity index (χ0v) is 69.4. The van der Waals surface area contributed by atoms with Crippen molar-refractivity contribution in [1.82, 2.24) is 24.5 Å². The molecule has 17 atom stereocenters. The van der Waals surface area contributed by atoms with E-state index < -0.39 is 156 Å². The standard InChI is InChI=1S/5C19H29NO3/c5*1-12(2)7-14-11-20-6-5-13-8-18(22-3)19(23-4)9-15(13)16(20)10-17(14)21/h5*8-9,12,14,16-17,21H,5-7,10-11H2,1-4H3/i4D3,10D2,14D,16D,17D;1D3,4D3,7D2,12D,16D;10D2,14D,16D,17D;1D3,7D2,12D,16D;4D3,16D. The number of aliphatic hydroxyl groups excluding tert-OH is 3. The molecule has 0 spiro atoms. The molecule has 20 nitrogen and oxygen atoms in total. The van der Waals surface area contributed by atoms with Crippen LogP contribution >= 0.6 is 0 Å². The summed E-state index contributed by atoms with van der Waals surface area (Å²) in [5.74, 6) is -7.77. The highest BCUT2D eigenvalue weighted by Crippen LogP contribution is 2.50. The third-order valence-corrected chi connectivity index (χ3v) is 23.0. The van der Waals surface area contributed by atoms with Gasteiger partial charge in [0.1, 0.15) is 0 Å². The van der Waals surface area contributed by atoms with Crippen molar-refractivity contribution in [1.29, 1.82) is 0 Å². The van der Waals surface area contributed by atoms with Gasteiger partial charge in [0.05, 0.1) is 123 Å². The molecule has 5 saturated heterocycles. The fraction of sp³-hybridized carbons (Fsp3) is 0.684. The van der Waals surface area contributed by atoms with E-state index in [0.717, 1.165) is 55.5 Å². The topological polar surface area (TPSA) is 210 Å². The van der Waals surface area contributed by atoms with Crippen molar-refractivity contribution in [3.05, 3.63) is 116 Å². The van der Waals surface area contributed by atoms with Gasteiger partial charge >= 0.3 is 0 Å². The molecule has 640 valence electrons.